The van der Waals surface area contributed by atoms with Crippen LogP contribution in [0.2, 0.25) is 0 Å². The van der Waals surface area contributed by atoms with Gasteiger partial charge in [-0.05, 0) is 43.4 Å². The Morgan fingerprint density at radius 2 is 1.96 bits per heavy atom. The minimum atomic E-state index is -1.33. The van der Waals surface area contributed by atoms with E-state index in [0.717, 1.165) is 12.1 Å². The summed E-state index contributed by atoms with van der Waals surface area (Å²) in [6, 6.07) is 8.33. The maximum atomic E-state index is 13.8. The van der Waals surface area contributed by atoms with Gasteiger partial charge < -0.3 is 15.4 Å². The second kappa shape index (κ2) is 8.42. The first-order chi connectivity index (χ1) is 11.5. The van der Waals surface area contributed by atoms with Gasteiger partial charge in [-0.3, -0.25) is 4.79 Å². The summed E-state index contributed by atoms with van der Waals surface area (Å²) in [4.78, 5) is 16.4. The lowest BCUT2D eigenvalue weighted by Crippen LogP contribution is -2.45. The molecule has 24 heavy (non-hydrogen) atoms. The van der Waals surface area contributed by atoms with Gasteiger partial charge in [0.2, 0.25) is 5.78 Å². The van der Waals surface area contributed by atoms with Gasteiger partial charge in [-0.15, -0.1) is 0 Å². The Balaban J connectivity index is 2.14. The summed E-state index contributed by atoms with van der Waals surface area (Å²) in [6.07, 6.45) is 0.232. The van der Waals surface area contributed by atoms with Crippen LogP contribution in [-0.4, -0.2) is 28.7 Å². The topological polar surface area (TPSA) is 63.2 Å². The van der Waals surface area contributed by atoms with Crippen molar-refractivity contribution < 1.29 is 18.3 Å². The van der Waals surface area contributed by atoms with Crippen molar-refractivity contribution in [1.82, 2.24) is 10.3 Å². The molecule has 1 heterocycles. The zero-order valence-electron chi connectivity index (χ0n) is 12.8. The zero-order chi connectivity index (χ0) is 17.5. The van der Waals surface area contributed by atoms with E-state index in [1.54, 1.807) is 31.3 Å². The van der Waals surface area contributed by atoms with Crippen molar-refractivity contribution in [3.05, 3.63) is 59.8 Å². The van der Waals surface area contributed by atoms with Gasteiger partial charge in [0.05, 0.1) is 5.56 Å². The third-order valence-corrected chi connectivity index (χ3v) is 3.17. The van der Waals surface area contributed by atoms with Crippen molar-refractivity contribution in [2.24, 2.45) is 0 Å². The smallest absolute Gasteiger partial charge is 0.217 e. The number of benzene rings is 1. The largest absolute Gasteiger partial charge is 0.351 e. The number of hydrogen-bond acceptors (Lipinski definition) is 4. The molecule has 1 aromatic heterocycles. The molecule has 0 amide bonds. The van der Waals surface area contributed by atoms with E-state index >= 15 is 0 Å². The average Bonchev–Trinajstić information content (AvgIpc) is 2.55. The highest BCUT2D eigenvalue weighted by Crippen LogP contribution is 2.15. The number of nitrogens with zero attached hydrogens (tertiary/aromatic N) is 1. The summed E-state index contributed by atoms with van der Waals surface area (Å²) >= 11 is 5.08. The Morgan fingerprint density at radius 1 is 1.25 bits per heavy atom. The van der Waals surface area contributed by atoms with Crippen LogP contribution < -0.4 is 10.6 Å². The number of ether oxygens (including phenoxy) is 1. The number of anilines is 1. The highest BCUT2D eigenvalue weighted by atomic mass is 32.1. The minimum absolute atomic E-state index is 0.0391. The first kappa shape index (κ1) is 17.9. The van der Waals surface area contributed by atoms with Gasteiger partial charge in [-0.2, -0.15) is 0 Å². The Labute approximate surface area is 143 Å². The number of rotatable bonds is 6. The Bertz CT molecular complexity index is 708. The molecule has 0 aliphatic heterocycles. The van der Waals surface area contributed by atoms with Crippen LogP contribution >= 0.6 is 12.2 Å². The van der Waals surface area contributed by atoms with Crippen LogP contribution in [0.3, 0.4) is 0 Å². The summed E-state index contributed by atoms with van der Waals surface area (Å²) in [7, 11) is 0. The summed E-state index contributed by atoms with van der Waals surface area (Å²) in [6.45, 7) is 1.79. The fourth-order valence-corrected chi connectivity index (χ4v) is 2.13. The molecule has 0 aliphatic carbocycles. The van der Waals surface area contributed by atoms with Crippen molar-refractivity contribution in [1.29, 1.82) is 0 Å². The van der Waals surface area contributed by atoms with Crippen LogP contribution in [0.1, 0.15) is 17.3 Å². The maximum absolute atomic E-state index is 13.8. The Morgan fingerprint density at radius 3 is 2.54 bits per heavy atom. The molecule has 0 fully saturated rings. The first-order valence-electron chi connectivity index (χ1n) is 7.11. The number of aromatic nitrogens is 1. The number of thiocarbonyl (C=S) groups is 1. The standard InChI is InChI=1S/C16H15F2N3O2S/c1-2-23-15(14(22)13-10(17)6-5-7-11(13)18)21-16(24)20-12-8-3-4-9-19-12/h3-9,15H,2H2,1H3,(H2,19,20,21,24). The first-order valence-corrected chi connectivity index (χ1v) is 7.52. The molecule has 2 rings (SSSR count). The van der Waals surface area contributed by atoms with E-state index in [2.05, 4.69) is 15.6 Å². The number of nitrogens with one attached hydrogen (secondary N) is 2. The Kier molecular flexibility index (Phi) is 6.28. The van der Waals surface area contributed by atoms with E-state index in [9.17, 15) is 13.6 Å². The van der Waals surface area contributed by atoms with Crippen LogP contribution in [0.4, 0.5) is 14.6 Å². The molecular weight excluding hydrogens is 336 g/mol. The molecule has 1 atom stereocenters. The lowest BCUT2D eigenvalue weighted by Gasteiger charge is -2.20. The molecule has 1 unspecified atom stereocenters. The lowest BCUT2D eigenvalue weighted by atomic mass is 10.1. The van der Waals surface area contributed by atoms with E-state index in [0.29, 0.717) is 5.82 Å². The third-order valence-electron chi connectivity index (χ3n) is 2.95. The average molecular weight is 351 g/mol. The van der Waals surface area contributed by atoms with E-state index in [1.807, 2.05) is 0 Å². The number of halogens is 2. The number of Topliss-reactive ketones (excluding diaryl/α,β-unsaturated/α-hetero) is 1. The van der Waals surface area contributed by atoms with E-state index < -0.39 is 29.2 Å². The van der Waals surface area contributed by atoms with Gasteiger partial charge in [0.1, 0.15) is 17.5 Å². The summed E-state index contributed by atoms with van der Waals surface area (Å²) in [5, 5.41) is 5.39. The van der Waals surface area contributed by atoms with Crippen LogP contribution in [-0.2, 0) is 4.74 Å². The summed E-state index contributed by atoms with van der Waals surface area (Å²) < 4.78 is 32.8. The minimum Gasteiger partial charge on any atom is -0.351 e. The van der Waals surface area contributed by atoms with Crippen LogP contribution in [0.5, 0.6) is 0 Å². The van der Waals surface area contributed by atoms with Crippen LogP contribution in [0.25, 0.3) is 0 Å². The summed E-state index contributed by atoms with van der Waals surface area (Å²) in [5.41, 5.74) is -0.677. The number of hydrogen-bond donors (Lipinski definition) is 2. The molecular formula is C16H15F2N3O2S. The number of carbonyl (C=O) groups excluding carboxylic acids is 1. The molecule has 0 saturated heterocycles. The maximum Gasteiger partial charge on any atom is 0.217 e. The van der Waals surface area contributed by atoms with Gasteiger partial charge >= 0.3 is 0 Å². The molecule has 2 aromatic rings. The lowest BCUT2D eigenvalue weighted by molar-refractivity contribution is 0.0397. The molecule has 0 aliphatic rings. The zero-order valence-corrected chi connectivity index (χ0v) is 13.6. The van der Waals surface area contributed by atoms with Gasteiger partial charge in [0.15, 0.2) is 11.3 Å². The van der Waals surface area contributed by atoms with Crippen molar-refractivity contribution in [2.45, 2.75) is 13.2 Å². The monoisotopic (exact) mass is 351 g/mol. The molecule has 0 radical (unpaired) electrons. The van der Waals surface area contributed by atoms with E-state index in [1.165, 1.54) is 6.07 Å². The van der Waals surface area contributed by atoms with Crippen molar-refractivity contribution >= 4 is 28.9 Å². The molecule has 2 N–H and O–H groups in total. The molecule has 0 saturated carbocycles. The number of ketones is 1. The van der Waals surface area contributed by atoms with Gasteiger partial charge in [-0.25, -0.2) is 13.8 Å². The number of carbonyl (C=O) groups is 1. The predicted octanol–water partition coefficient (Wildman–Crippen LogP) is 2.89. The fourth-order valence-electron chi connectivity index (χ4n) is 1.92. The van der Waals surface area contributed by atoms with Crippen LogP contribution in [0.15, 0.2) is 42.6 Å². The molecule has 0 bridgehead atoms. The molecule has 126 valence electrons. The molecule has 0 spiro atoms. The SMILES string of the molecule is CCOC(NC(=S)Nc1ccccn1)C(=O)c1c(F)cccc1F. The fraction of sp³-hybridized carbons (Fsp3) is 0.188. The number of pyridine rings is 1. The third kappa shape index (κ3) is 4.53. The van der Waals surface area contributed by atoms with Crippen molar-refractivity contribution in [3.63, 3.8) is 0 Å². The highest BCUT2D eigenvalue weighted by molar-refractivity contribution is 7.80. The van der Waals surface area contributed by atoms with Gasteiger partial charge in [-0.1, -0.05) is 12.1 Å². The van der Waals surface area contributed by atoms with Gasteiger partial charge in [0, 0.05) is 12.8 Å². The van der Waals surface area contributed by atoms with E-state index in [-0.39, 0.29) is 11.7 Å². The molecule has 8 heteroatoms. The Hall–Kier alpha value is -2.45. The second-order valence-electron chi connectivity index (χ2n) is 4.61. The van der Waals surface area contributed by atoms with Gasteiger partial charge in [0.25, 0.3) is 0 Å². The normalized spacial score (nSPS) is 11.6. The molecule has 5 nitrogen and oxygen atoms in total. The van der Waals surface area contributed by atoms with Crippen molar-refractivity contribution in [2.75, 3.05) is 11.9 Å². The van der Waals surface area contributed by atoms with E-state index in [4.69, 9.17) is 17.0 Å². The second-order valence-corrected chi connectivity index (χ2v) is 5.02. The quantitative estimate of drug-likeness (QED) is 0.474. The molecule has 1 aromatic carbocycles. The highest BCUT2D eigenvalue weighted by Gasteiger charge is 2.27. The van der Waals surface area contributed by atoms with Crippen molar-refractivity contribution in [3.8, 4) is 0 Å². The van der Waals surface area contributed by atoms with Crippen LogP contribution in [0, 0.1) is 11.6 Å². The predicted molar refractivity (Wildman–Crippen MR) is 89.7 cm³/mol. The summed E-state index contributed by atoms with van der Waals surface area (Å²) in [5.74, 6) is -2.36.